The Morgan fingerprint density at radius 2 is 1.10 bits per heavy atom. The van der Waals surface area contributed by atoms with Crippen molar-refractivity contribution < 1.29 is 0 Å². The van der Waals surface area contributed by atoms with Crippen molar-refractivity contribution in [1.82, 2.24) is 4.98 Å². The molecule has 2 aromatic heterocycles. The molecule has 0 saturated heterocycles. The molecule has 0 aliphatic rings. The van der Waals surface area contributed by atoms with E-state index in [0.717, 1.165) is 16.8 Å². The standard InChI is InChI=1S/C37H21NS/c1-3-10-31-29(8-1)37-35(30-9-2-4-11-32(30)39-37)36(38-31)26-16-12-22(13-17-26)27-20-18-25-15-14-23-6-5-7-24-19-21-28(27)34(25)33(23)24/h1-21H. The number of hydrogen-bond acceptors (Lipinski definition) is 2. The summed E-state index contributed by atoms with van der Waals surface area (Å²) in [5.74, 6) is 0. The molecule has 2 heterocycles. The van der Waals surface area contributed by atoms with E-state index in [0.29, 0.717) is 0 Å². The van der Waals surface area contributed by atoms with Crippen molar-refractivity contribution in [1.29, 1.82) is 0 Å². The largest absolute Gasteiger partial charge is 0.247 e. The molecule has 0 spiro atoms. The maximum Gasteiger partial charge on any atom is 0.0802 e. The number of thiophene rings is 1. The van der Waals surface area contributed by atoms with E-state index < -0.39 is 0 Å². The van der Waals surface area contributed by atoms with Crippen LogP contribution in [0.5, 0.6) is 0 Å². The van der Waals surface area contributed by atoms with Gasteiger partial charge in [0, 0.05) is 31.1 Å². The van der Waals surface area contributed by atoms with Crippen molar-refractivity contribution >= 4 is 74.7 Å². The van der Waals surface area contributed by atoms with Crippen molar-refractivity contribution in [3.63, 3.8) is 0 Å². The van der Waals surface area contributed by atoms with Gasteiger partial charge >= 0.3 is 0 Å². The molecule has 0 aliphatic carbocycles. The molecule has 180 valence electrons. The zero-order valence-corrected chi connectivity index (χ0v) is 21.8. The minimum atomic E-state index is 1.04. The Kier molecular flexibility index (Phi) is 4.27. The maximum absolute atomic E-state index is 5.21. The molecule has 0 aliphatic heterocycles. The van der Waals surface area contributed by atoms with Gasteiger partial charge in [0.15, 0.2) is 0 Å². The Morgan fingerprint density at radius 3 is 1.95 bits per heavy atom. The van der Waals surface area contributed by atoms with Crippen LogP contribution in [-0.2, 0) is 0 Å². The Morgan fingerprint density at radius 1 is 0.436 bits per heavy atom. The SMILES string of the molecule is c1cc2ccc3ccc(-c4ccc(-c5nc6ccccc6c6sc7ccccc7c56)cc4)c4ccc(c1)c2c34. The van der Waals surface area contributed by atoms with Gasteiger partial charge in [-0.05, 0) is 55.6 Å². The maximum atomic E-state index is 5.21. The second-order valence-corrected chi connectivity index (χ2v) is 11.4. The summed E-state index contributed by atoms with van der Waals surface area (Å²) in [7, 11) is 0. The lowest BCUT2D eigenvalue weighted by Crippen LogP contribution is -1.89. The fraction of sp³-hybridized carbons (Fsp3) is 0. The van der Waals surface area contributed by atoms with E-state index in [2.05, 4.69) is 127 Å². The minimum Gasteiger partial charge on any atom is -0.247 e. The fourth-order valence-corrected chi connectivity index (χ4v) is 7.65. The van der Waals surface area contributed by atoms with Gasteiger partial charge in [0.1, 0.15) is 0 Å². The molecule has 7 aromatic carbocycles. The smallest absolute Gasteiger partial charge is 0.0802 e. The molecule has 0 unspecified atom stereocenters. The van der Waals surface area contributed by atoms with Crippen LogP contribution in [0.3, 0.4) is 0 Å². The summed E-state index contributed by atoms with van der Waals surface area (Å²) in [6.45, 7) is 0. The predicted octanol–water partition coefficient (Wildman–Crippen LogP) is 10.8. The number of pyridine rings is 1. The van der Waals surface area contributed by atoms with E-state index in [1.54, 1.807) is 0 Å². The van der Waals surface area contributed by atoms with Gasteiger partial charge in [-0.2, -0.15) is 0 Å². The average molecular weight is 512 g/mol. The highest BCUT2D eigenvalue weighted by Crippen LogP contribution is 2.43. The number of aromatic nitrogens is 1. The highest BCUT2D eigenvalue weighted by molar-refractivity contribution is 7.26. The van der Waals surface area contributed by atoms with Crippen LogP contribution in [-0.4, -0.2) is 4.98 Å². The lowest BCUT2D eigenvalue weighted by molar-refractivity contribution is 1.43. The van der Waals surface area contributed by atoms with Crippen LogP contribution in [0.4, 0.5) is 0 Å². The fourth-order valence-electron chi connectivity index (χ4n) is 6.41. The van der Waals surface area contributed by atoms with E-state index in [1.165, 1.54) is 69.0 Å². The Labute approximate surface area is 228 Å². The van der Waals surface area contributed by atoms with E-state index in [-0.39, 0.29) is 0 Å². The first kappa shape index (κ1) is 21.2. The molecule has 0 saturated carbocycles. The molecular weight excluding hydrogens is 490 g/mol. The third-order valence-corrected chi connectivity index (χ3v) is 9.42. The number of hydrogen-bond donors (Lipinski definition) is 0. The van der Waals surface area contributed by atoms with Crippen molar-refractivity contribution in [3.05, 3.63) is 127 Å². The normalized spacial score (nSPS) is 12.1. The summed E-state index contributed by atoms with van der Waals surface area (Å²) < 4.78 is 2.62. The monoisotopic (exact) mass is 511 g/mol. The number of para-hydroxylation sites is 1. The van der Waals surface area contributed by atoms with Crippen LogP contribution < -0.4 is 0 Å². The Hall–Kier alpha value is -4.79. The van der Waals surface area contributed by atoms with Crippen LogP contribution in [0, 0.1) is 0 Å². The first-order valence-electron chi connectivity index (χ1n) is 13.3. The second-order valence-electron chi connectivity index (χ2n) is 10.3. The summed E-state index contributed by atoms with van der Waals surface area (Å²) in [5, 5.41) is 11.7. The molecule has 0 amide bonds. The zero-order chi connectivity index (χ0) is 25.5. The first-order chi connectivity index (χ1) is 19.3. The highest BCUT2D eigenvalue weighted by atomic mass is 32.1. The van der Waals surface area contributed by atoms with Crippen LogP contribution in [0.25, 0.3) is 85.8 Å². The van der Waals surface area contributed by atoms with Crippen LogP contribution >= 0.6 is 11.3 Å². The predicted molar refractivity (Wildman–Crippen MR) is 169 cm³/mol. The third-order valence-electron chi connectivity index (χ3n) is 8.21. The van der Waals surface area contributed by atoms with E-state index in [4.69, 9.17) is 4.98 Å². The van der Waals surface area contributed by atoms with E-state index in [9.17, 15) is 0 Å². The topological polar surface area (TPSA) is 12.9 Å². The van der Waals surface area contributed by atoms with Crippen LogP contribution in [0.1, 0.15) is 0 Å². The van der Waals surface area contributed by atoms with Crippen molar-refractivity contribution in [3.8, 4) is 22.4 Å². The van der Waals surface area contributed by atoms with Gasteiger partial charge in [-0.3, -0.25) is 0 Å². The van der Waals surface area contributed by atoms with Crippen molar-refractivity contribution in [2.45, 2.75) is 0 Å². The van der Waals surface area contributed by atoms with Gasteiger partial charge in [-0.1, -0.05) is 115 Å². The van der Waals surface area contributed by atoms with E-state index in [1.807, 2.05) is 11.3 Å². The van der Waals surface area contributed by atoms with Gasteiger partial charge < -0.3 is 0 Å². The van der Waals surface area contributed by atoms with Crippen molar-refractivity contribution in [2.75, 3.05) is 0 Å². The molecule has 0 atom stereocenters. The molecule has 0 radical (unpaired) electrons. The van der Waals surface area contributed by atoms with Gasteiger partial charge in [0.2, 0.25) is 0 Å². The highest BCUT2D eigenvalue weighted by Gasteiger charge is 2.17. The molecule has 0 bridgehead atoms. The zero-order valence-electron chi connectivity index (χ0n) is 21.0. The molecule has 2 heteroatoms. The van der Waals surface area contributed by atoms with Crippen LogP contribution in [0.2, 0.25) is 0 Å². The van der Waals surface area contributed by atoms with Crippen LogP contribution in [0.15, 0.2) is 127 Å². The lowest BCUT2D eigenvalue weighted by Gasteiger charge is -2.14. The summed E-state index contributed by atoms with van der Waals surface area (Å²) in [5.41, 5.74) is 5.75. The van der Waals surface area contributed by atoms with Crippen molar-refractivity contribution in [2.24, 2.45) is 0 Å². The summed E-state index contributed by atoms with van der Waals surface area (Å²) in [4.78, 5) is 5.21. The second kappa shape index (κ2) is 7.86. The first-order valence-corrected chi connectivity index (χ1v) is 14.1. The molecule has 9 rings (SSSR count). The number of fused-ring (bicyclic) bond motifs is 5. The minimum absolute atomic E-state index is 1.04. The summed E-state index contributed by atoms with van der Waals surface area (Å²) in [6.07, 6.45) is 0. The molecule has 39 heavy (non-hydrogen) atoms. The Bertz CT molecular complexity index is 2360. The summed E-state index contributed by atoms with van der Waals surface area (Å²) in [6, 6.07) is 46.4. The molecule has 0 fully saturated rings. The third kappa shape index (κ3) is 2.98. The van der Waals surface area contributed by atoms with Gasteiger partial charge in [-0.25, -0.2) is 4.98 Å². The number of benzene rings is 7. The van der Waals surface area contributed by atoms with E-state index >= 15 is 0 Å². The average Bonchev–Trinajstić information content (AvgIpc) is 3.40. The number of rotatable bonds is 2. The van der Waals surface area contributed by atoms with Gasteiger partial charge in [-0.15, -0.1) is 11.3 Å². The molecule has 9 aromatic rings. The quantitative estimate of drug-likeness (QED) is 0.210. The molecule has 1 nitrogen and oxygen atoms in total. The Balaban J connectivity index is 1.27. The van der Waals surface area contributed by atoms with Gasteiger partial charge in [0.05, 0.1) is 11.2 Å². The lowest BCUT2D eigenvalue weighted by atomic mass is 9.89. The molecule has 0 N–H and O–H groups in total. The summed E-state index contributed by atoms with van der Waals surface area (Å²) >= 11 is 1.86. The van der Waals surface area contributed by atoms with Gasteiger partial charge in [0.25, 0.3) is 0 Å². The molecular formula is C37H21NS. The number of nitrogens with zero attached hydrogens (tertiary/aromatic N) is 1.